The van der Waals surface area contributed by atoms with Crippen LogP contribution in [0.25, 0.3) is 0 Å². The number of carbonyl (C=O) groups is 1. The van der Waals surface area contributed by atoms with Gasteiger partial charge in [-0.2, -0.15) is 0 Å². The number of hydrogen-bond acceptors (Lipinski definition) is 2. The Morgan fingerprint density at radius 2 is 2.23 bits per heavy atom. The Hall–Kier alpha value is -0.570. The van der Waals surface area contributed by atoms with Crippen molar-refractivity contribution >= 4 is 5.91 Å². The van der Waals surface area contributed by atoms with Gasteiger partial charge in [-0.3, -0.25) is 4.79 Å². The zero-order valence-corrected chi connectivity index (χ0v) is 8.22. The zero-order valence-electron chi connectivity index (χ0n) is 8.22. The predicted molar refractivity (Wildman–Crippen MR) is 53.3 cm³/mol. The standard InChI is InChI=1S/C10H20N2O/c11-7-2-5-10(13)12-8-6-9-3-1-4-9/h9H,1-8,11H2,(H,12,13). The normalized spacial score (nSPS) is 16.7. The Kier molecular flexibility index (Phi) is 4.83. The quantitative estimate of drug-likeness (QED) is 0.648. The lowest BCUT2D eigenvalue weighted by molar-refractivity contribution is -0.121. The van der Waals surface area contributed by atoms with Crippen molar-refractivity contribution in [2.45, 2.75) is 38.5 Å². The van der Waals surface area contributed by atoms with Crippen LogP contribution in [0.1, 0.15) is 38.5 Å². The maximum atomic E-state index is 11.1. The van der Waals surface area contributed by atoms with Crippen molar-refractivity contribution in [3.05, 3.63) is 0 Å². The molecule has 13 heavy (non-hydrogen) atoms. The van der Waals surface area contributed by atoms with E-state index in [4.69, 9.17) is 5.73 Å². The Balaban J connectivity index is 1.88. The highest BCUT2D eigenvalue weighted by molar-refractivity contribution is 5.75. The summed E-state index contributed by atoms with van der Waals surface area (Å²) in [6.07, 6.45) is 6.65. The van der Waals surface area contributed by atoms with E-state index < -0.39 is 0 Å². The summed E-state index contributed by atoms with van der Waals surface area (Å²) in [6.45, 7) is 1.46. The van der Waals surface area contributed by atoms with Crippen molar-refractivity contribution in [2.75, 3.05) is 13.1 Å². The summed E-state index contributed by atoms with van der Waals surface area (Å²) in [6, 6.07) is 0. The lowest BCUT2D eigenvalue weighted by Gasteiger charge is -2.25. The van der Waals surface area contributed by atoms with E-state index in [1.165, 1.54) is 19.3 Å². The summed E-state index contributed by atoms with van der Waals surface area (Å²) >= 11 is 0. The molecule has 0 aromatic carbocycles. The number of nitrogens with one attached hydrogen (secondary N) is 1. The maximum Gasteiger partial charge on any atom is 0.220 e. The monoisotopic (exact) mass is 184 g/mol. The molecule has 3 heteroatoms. The summed E-state index contributed by atoms with van der Waals surface area (Å²) in [4.78, 5) is 11.1. The molecule has 0 saturated heterocycles. The Morgan fingerprint density at radius 3 is 2.77 bits per heavy atom. The van der Waals surface area contributed by atoms with Gasteiger partial charge in [0.25, 0.3) is 0 Å². The van der Waals surface area contributed by atoms with Crippen molar-refractivity contribution in [3.63, 3.8) is 0 Å². The highest BCUT2D eigenvalue weighted by Gasteiger charge is 2.16. The zero-order chi connectivity index (χ0) is 9.52. The summed E-state index contributed by atoms with van der Waals surface area (Å²) in [5, 5.41) is 2.92. The van der Waals surface area contributed by atoms with Crippen molar-refractivity contribution < 1.29 is 4.79 Å². The largest absolute Gasteiger partial charge is 0.356 e. The average Bonchev–Trinajstić information content (AvgIpc) is 2.06. The Morgan fingerprint density at radius 1 is 1.46 bits per heavy atom. The molecule has 1 rings (SSSR count). The van der Waals surface area contributed by atoms with Crippen LogP contribution in [-0.4, -0.2) is 19.0 Å². The Labute approximate surface area is 80.1 Å². The van der Waals surface area contributed by atoms with Crippen molar-refractivity contribution in [1.29, 1.82) is 0 Å². The Bertz CT molecular complexity index is 155. The second-order valence-corrected chi connectivity index (χ2v) is 3.83. The molecular formula is C10H20N2O. The smallest absolute Gasteiger partial charge is 0.220 e. The molecule has 1 saturated carbocycles. The molecule has 0 aliphatic heterocycles. The molecule has 1 aliphatic carbocycles. The van der Waals surface area contributed by atoms with Crippen LogP contribution < -0.4 is 11.1 Å². The van der Waals surface area contributed by atoms with Crippen molar-refractivity contribution in [1.82, 2.24) is 5.32 Å². The van der Waals surface area contributed by atoms with Gasteiger partial charge in [-0.25, -0.2) is 0 Å². The van der Waals surface area contributed by atoms with Crippen LogP contribution in [0.5, 0.6) is 0 Å². The molecule has 1 aliphatic rings. The molecule has 0 aromatic heterocycles. The van der Waals surface area contributed by atoms with Crippen LogP contribution in [0.3, 0.4) is 0 Å². The lowest BCUT2D eigenvalue weighted by atomic mass is 9.83. The molecule has 0 heterocycles. The minimum atomic E-state index is 0.157. The van der Waals surface area contributed by atoms with E-state index in [-0.39, 0.29) is 5.91 Å². The fourth-order valence-corrected chi connectivity index (χ4v) is 1.55. The van der Waals surface area contributed by atoms with Gasteiger partial charge in [0.1, 0.15) is 0 Å². The van der Waals surface area contributed by atoms with Crippen LogP contribution in [0.15, 0.2) is 0 Å². The van der Waals surface area contributed by atoms with E-state index >= 15 is 0 Å². The fraction of sp³-hybridized carbons (Fsp3) is 0.900. The van der Waals surface area contributed by atoms with Gasteiger partial charge in [0.15, 0.2) is 0 Å². The first-order valence-electron chi connectivity index (χ1n) is 5.29. The van der Waals surface area contributed by atoms with Gasteiger partial charge in [0, 0.05) is 13.0 Å². The topological polar surface area (TPSA) is 55.1 Å². The van der Waals surface area contributed by atoms with Crippen LogP contribution in [0.4, 0.5) is 0 Å². The number of amides is 1. The molecule has 0 bridgehead atoms. The molecule has 0 radical (unpaired) electrons. The molecule has 1 amide bonds. The number of carbonyl (C=O) groups excluding carboxylic acids is 1. The van der Waals surface area contributed by atoms with Gasteiger partial charge in [-0.15, -0.1) is 0 Å². The summed E-state index contributed by atoms with van der Waals surface area (Å²) in [5.74, 6) is 1.04. The van der Waals surface area contributed by atoms with Gasteiger partial charge < -0.3 is 11.1 Å². The molecule has 76 valence electrons. The first kappa shape index (κ1) is 10.5. The second-order valence-electron chi connectivity index (χ2n) is 3.83. The molecule has 0 unspecified atom stereocenters. The third kappa shape index (κ3) is 4.27. The van der Waals surface area contributed by atoms with Crippen LogP contribution in [0.2, 0.25) is 0 Å². The minimum Gasteiger partial charge on any atom is -0.356 e. The van der Waals surface area contributed by atoms with Gasteiger partial charge in [-0.1, -0.05) is 19.3 Å². The molecule has 0 aromatic rings. The van der Waals surface area contributed by atoms with E-state index in [1.54, 1.807) is 0 Å². The van der Waals surface area contributed by atoms with E-state index in [2.05, 4.69) is 5.32 Å². The second kappa shape index (κ2) is 5.97. The van der Waals surface area contributed by atoms with Crippen molar-refractivity contribution in [2.24, 2.45) is 11.7 Å². The predicted octanol–water partition coefficient (Wildman–Crippen LogP) is 1.03. The number of rotatable bonds is 6. The first-order valence-corrected chi connectivity index (χ1v) is 5.29. The molecular weight excluding hydrogens is 164 g/mol. The van der Waals surface area contributed by atoms with Crippen molar-refractivity contribution in [3.8, 4) is 0 Å². The molecule has 0 atom stereocenters. The third-order valence-electron chi connectivity index (χ3n) is 2.71. The highest BCUT2D eigenvalue weighted by Crippen LogP contribution is 2.28. The van der Waals surface area contributed by atoms with Crippen LogP contribution in [-0.2, 0) is 4.79 Å². The van der Waals surface area contributed by atoms with Gasteiger partial charge in [0.05, 0.1) is 0 Å². The minimum absolute atomic E-state index is 0.157. The summed E-state index contributed by atoms with van der Waals surface area (Å²) in [5.41, 5.74) is 5.30. The van der Waals surface area contributed by atoms with Gasteiger partial charge >= 0.3 is 0 Å². The number of hydrogen-bond donors (Lipinski definition) is 2. The van der Waals surface area contributed by atoms with Crippen LogP contribution in [0, 0.1) is 5.92 Å². The molecule has 3 N–H and O–H groups in total. The SMILES string of the molecule is NCCCC(=O)NCCC1CCC1. The van der Waals surface area contributed by atoms with Crippen LogP contribution >= 0.6 is 0 Å². The van der Waals surface area contributed by atoms with E-state index in [9.17, 15) is 4.79 Å². The third-order valence-corrected chi connectivity index (χ3v) is 2.71. The number of nitrogens with two attached hydrogens (primary N) is 1. The highest BCUT2D eigenvalue weighted by atomic mass is 16.1. The van der Waals surface area contributed by atoms with Gasteiger partial charge in [0.2, 0.25) is 5.91 Å². The summed E-state index contributed by atoms with van der Waals surface area (Å²) < 4.78 is 0. The maximum absolute atomic E-state index is 11.1. The van der Waals surface area contributed by atoms with Gasteiger partial charge in [-0.05, 0) is 25.3 Å². The van der Waals surface area contributed by atoms with E-state index in [1.807, 2.05) is 0 Å². The van der Waals surface area contributed by atoms with E-state index in [0.29, 0.717) is 13.0 Å². The average molecular weight is 184 g/mol. The summed E-state index contributed by atoms with van der Waals surface area (Å²) in [7, 11) is 0. The lowest BCUT2D eigenvalue weighted by Crippen LogP contribution is -2.27. The van der Waals surface area contributed by atoms with E-state index in [0.717, 1.165) is 25.3 Å². The molecule has 0 spiro atoms. The first-order chi connectivity index (χ1) is 6.33. The molecule has 3 nitrogen and oxygen atoms in total. The fourth-order valence-electron chi connectivity index (χ4n) is 1.55. The molecule has 1 fully saturated rings.